The minimum atomic E-state index is -0.569. The van der Waals surface area contributed by atoms with Gasteiger partial charge in [0.2, 0.25) is 5.91 Å². The third-order valence-electron chi connectivity index (χ3n) is 5.04. The Bertz CT molecular complexity index is 1500. The van der Waals surface area contributed by atoms with Crippen molar-refractivity contribution in [3.63, 3.8) is 0 Å². The summed E-state index contributed by atoms with van der Waals surface area (Å²) >= 11 is 0. The molecule has 3 aromatic heterocycles. The van der Waals surface area contributed by atoms with Gasteiger partial charge >= 0.3 is 5.76 Å². The molecule has 0 radical (unpaired) electrons. The third-order valence-corrected chi connectivity index (χ3v) is 5.04. The number of benzene rings is 2. The average molecular weight is 441 g/mol. The fraction of sp³-hybridized carbons (Fsp3) is 0.0870. The average Bonchev–Trinajstić information content (AvgIpc) is 3.38. The molecule has 0 saturated carbocycles. The summed E-state index contributed by atoms with van der Waals surface area (Å²) in [7, 11) is 0. The second-order valence-corrected chi connectivity index (χ2v) is 7.28. The van der Waals surface area contributed by atoms with Crippen molar-refractivity contribution in [2.45, 2.75) is 13.5 Å². The minimum absolute atomic E-state index is 0.146. The van der Waals surface area contributed by atoms with E-state index >= 15 is 0 Å². The number of aromatic nitrogens is 5. The Morgan fingerprint density at radius 2 is 1.82 bits per heavy atom. The van der Waals surface area contributed by atoms with Crippen LogP contribution in [0.4, 0.5) is 17.2 Å². The van der Waals surface area contributed by atoms with Gasteiger partial charge in [-0.05, 0) is 43.3 Å². The first kappa shape index (κ1) is 20.2. The van der Waals surface area contributed by atoms with Crippen molar-refractivity contribution in [1.82, 2.24) is 24.1 Å². The molecule has 0 aliphatic rings. The standard InChI is InChI=1S/C23H19N7O3/c1-15-24-10-11-29(15)21-12-20(25-14-26-21)27-16-6-8-17(9-7-16)28-22(31)13-30-18-4-2-3-5-19(18)33-23(30)32/h2-12,14H,13H2,1H3,(H,28,31)(H,25,26,27). The number of nitrogens with one attached hydrogen (secondary N) is 2. The van der Waals surface area contributed by atoms with Crippen LogP contribution < -0.4 is 16.4 Å². The van der Waals surface area contributed by atoms with E-state index in [2.05, 4.69) is 25.6 Å². The molecule has 164 valence electrons. The van der Waals surface area contributed by atoms with Crippen molar-refractivity contribution in [3.8, 4) is 5.82 Å². The Morgan fingerprint density at radius 3 is 2.61 bits per heavy atom. The highest BCUT2D eigenvalue weighted by molar-refractivity contribution is 5.91. The van der Waals surface area contributed by atoms with E-state index in [4.69, 9.17) is 4.42 Å². The molecule has 0 fully saturated rings. The number of para-hydroxylation sites is 2. The second-order valence-electron chi connectivity index (χ2n) is 7.28. The van der Waals surface area contributed by atoms with Crippen LogP contribution in [-0.4, -0.2) is 30.0 Å². The number of anilines is 3. The molecule has 10 nitrogen and oxygen atoms in total. The number of aryl methyl sites for hydroxylation is 1. The van der Waals surface area contributed by atoms with Gasteiger partial charge in [0.25, 0.3) is 0 Å². The molecule has 0 spiro atoms. The zero-order chi connectivity index (χ0) is 22.8. The van der Waals surface area contributed by atoms with Gasteiger partial charge in [0.1, 0.15) is 30.3 Å². The molecule has 33 heavy (non-hydrogen) atoms. The number of imidazole rings is 1. The van der Waals surface area contributed by atoms with Gasteiger partial charge in [-0.15, -0.1) is 0 Å². The lowest BCUT2D eigenvalue weighted by Crippen LogP contribution is -2.24. The van der Waals surface area contributed by atoms with Crippen molar-refractivity contribution in [3.05, 3.63) is 89.7 Å². The van der Waals surface area contributed by atoms with E-state index in [0.717, 1.165) is 11.5 Å². The van der Waals surface area contributed by atoms with Crippen molar-refractivity contribution in [2.24, 2.45) is 0 Å². The fourth-order valence-electron chi connectivity index (χ4n) is 3.46. The molecule has 0 aliphatic heterocycles. The number of hydrogen-bond donors (Lipinski definition) is 2. The highest BCUT2D eigenvalue weighted by Gasteiger charge is 2.12. The molecule has 3 heterocycles. The molecule has 0 aliphatic carbocycles. The smallest absolute Gasteiger partial charge is 0.408 e. The van der Waals surface area contributed by atoms with Crippen LogP contribution >= 0.6 is 0 Å². The maximum atomic E-state index is 12.5. The van der Waals surface area contributed by atoms with Gasteiger partial charge in [0.15, 0.2) is 5.58 Å². The summed E-state index contributed by atoms with van der Waals surface area (Å²) in [5, 5.41) is 6.01. The summed E-state index contributed by atoms with van der Waals surface area (Å²) in [6, 6.07) is 16.0. The summed E-state index contributed by atoms with van der Waals surface area (Å²) in [4.78, 5) is 37.3. The number of amides is 1. The molecule has 2 aromatic carbocycles. The van der Waals surface area contributed by atoms with E-state index < -0.39 is 5.76 Å². The minimum Gasteiger partial charge on any atom is -0.408 e. The summed E-state index contributed by atoms with van der Waals surface area (Å²) in [5.41, 5.74) is 2.41. The quantitative estimate of drug-likeness (QED) is 0.415. The van der Waals surface area contributed by atoms with E-state index in [1.54, 1.807) is 42.6 Å². The molecule has 0 unspecified atom stereocenters. The Hall–Kier alpha value is -4.73. The van der Waals surface area contributed by atoms with Crippen molar-refractivity contribution in [2.75, 3.05) is 10.6 Å². The van der Waals surface area contributed by atoms with Crippen molar-refractivity contribution in [1.29, 1.82) is 0 Å². The van der Waals surface area contributed by atoms with E-state index in [9.17, 15) is 9.59 Å². The number of carbonyl (C=O) groups is 1. The molecule has 1 amide bonds. The Balaban J connectivity index is 1.25. The third kappa shape index (κ3) is 4.22. The van der Waals surface area contributed by atoms with Crippen LogP contribution in [0.1, 0.15) is 5.82 Å². The maximum Gasteiger partial charge on any atom is 0.420 e. The summed E-state index contributed by atoms with van der Waals surface area (Å²) < 4.78 is 8.33. The number of carbonyl (C=O) groups excluding carboxylic acids is 1. The van der Waals surface area contributed by atoms with Crippen LogP contribution in [0.15, 0.2) is 82.5 Å². The SMILES string of the molecule is Cc1nccn1-c1cc(Nc2ccc(NC(=O)Cn3c(=O)oc4ccccc43)cc2)ncn1. The number of oxazole rings is 1. The number of hydrogen-bond acceptors (Lipinski definition) is 7. The first-order valence-corrected chi connectivity index (χ1v) is 10.1. The Morgan fingerprint density at radius 1 is 1.03 bits per heavy atom. The van der Waals surface area contributed by atoms with Gasteiger partial charge in [-0.2, -0.15) is 0 Å². The lowest BCUT2D eigenvalue weighted by atomic mass is 10.2. The molecule has 10 heteroatoms. The van der Waals surface area contributed by atoms with Crippen LogP contribution in [0.25, 0.3) is 16.9 Å². The molecule has 0 atom stereocenters. The highest BCUT2D eigenvalue weighted by Crippen LogP contribution is 2.19. The molecule has 2 N–H and O–H groups in total. The van der Waals surface area contributed by atoms with Crippen LogP contribution in [0.5, 0.6) is 0 Å². The van der Waals surface area contributed by atoms with Gasteiger partial charge in [-0.3, -0.25) is 13.9 Å². The monoisotopic (exact) mass is 441 g/mol. The largest absolute Gasteiger partial charge is 0.420 e. The maximum absolute atomic E-state index is 12.5. The lowest BCUT2D eigenvalue weighted by Gasteiger charge is -2.10. The van der Waals surface area contributed by atoms with E-state index in [1.165, 1.54) is 10.9 Å². The zero-order valence-electron chi connectivity index (χ0n) is 17.6. The topological polar surface area (TPSA) is 120 Å². The van der Waals surface area contributed by atoms with Gasteiger partial charge in [-0.1, -0.05) is 12.1 Å². The normalized spacial score (nSPS) is 10.9. The van der Waals surface area contributed by atoms with E-state index in [1.807, 2.05) is 35.9 Å². The van der Waals surface area contributed by atoms with E-state index in [0.29, 0.717) is 28.4 Å². The van der Waals surface area contributed by atoms with Crippen LogP contribution in [-0.2, 0) is 11.3 Å². The number of nitrogens with zero attached hydrogens (tertiary/aromatic N) is 5. The zero-order valence-corrected chi connectivity index (χ0v) is 17.6. The van der Waals surface area contributed by atoms with Gasteiger partial charge in [-0.25, -0.2) is 19.7 Å². The predicted molar refractivity (Wildman–Crippen MR) is 123 cm³/mol. The molecular weight excluding hydrogens is 422 g/mol. The van der Waals surface area contributed by atoms with Gasteiger partial charge < -0.3 is 15.1 Å². The summed E-state index contributed by atoms with van der Waals surface area (Å²) in [6.07, 6.45) is 5.02. The fourth-order valence-corrected chi connectivity index (χ4v) is 3.46. The van der Waals surface area contributed by atoms with Crippen molar-refractivity contribution < 1.29 is 9.21 Å². The van der Waals surface area contributed by atoms with Crippen LogP contribution in [0.2, 0.25) is 0 Å². The number of fused-ring (bicyclic) bond motifs is 1. The highest BCUT2D eigenvalue weighted by atomic mass is 16.4. The van der Waals surface area contributed by atoms with E-state index in [-0.39, 0.29) is 12.5 Å². The predicted octanol–water partition coefficient (Wildman–Crippen LogP) is 3.26. The Kier molecular flexibility index (Phi) is 5.15. The molecule has 0 saturated heterocycles. The lowest BCUT2D eigenvalue weighted by molar-refractivity contribution is -0.116. The first-order chi connectivity index (χ1) is 16.1. The number of rotatable bonds is 6. The van der Waals surface area contributed by atoms with Gasteiger partial charge in [0, 0.05) is 29.8 Å². The molecule has 5 rings (SSSR count). The van der Waals surface area contributed by atoms with Crippen LogP contribution in [0.3, 0.4) is 0 Å². The molecular formula is C23H19N7O3. The van der Waals surface area contributed by atoms with Crippen LogP contribution in [0, 0.1) is 6.92 Å². The summed E-state index contributed by atoms with van der Waals surface area (Å²) in [5.74, 6) is 1.25. The van der Waals surface area contributed by atoms with Gasteiger partial charge in [0.05, 0.1) is 5.52 Å². The molecule has 0 bridgehead atoms. The second kappa shape index (κ2) is 8.42. The Labute approximate surface area is 187 Å². The first-order valence-electron chi connectivity index (χ1n) is 10.1. The molecule has 5 aromatic rings. The van der Waals surface area contributed by atoms with Crippen molar-refractivity contribution >= 4 is 34.2 Å². The summed E-state index contributed by atoms with van der Waals surface area (Å²) in [6.45, 7) is 1.75.